The van der Waals surface area contributed by atoms with Gasteiger partial charge in [0.1, 0.15) is 12.2 Å². The number of rotatable bonds is 3. The minimum atomic E-state index is -0.993. The van der Waals surface area contributed by atoms with Crippen molar-refractivity contribution in [2.75, 3.05) is 0 Å². The Labute approximate surface area is 150 Å². The van der Waals surface area contributed by atoms with Gasteiger partial charge in [-0.2, -0.15) is 5.26 Å². The topological polar surface area (TPSA) is 76.4 Å². The number of ether oxygens (including phenoxy) is 2. The van der Waals surface area contributed by atoms with Crippen molar-refractivity contribution in [3.8, 4) is 6.07 Å². The van der Waals surface area contributed by atoms with E-state index in [1.807, 2.05) is 0 Å². The van der Waals surface area contributed by atoms with Gasteiger partial charge in [0, 0.05) is 11.8 Å². The number of fused-ring (bicyclic) bond motifs is 1. The molecule has 0 amide bonds. The molecule has 138 valence electrons. The number of carbonyl (C=O) groups excluding carboxylic acids is 2. The van der Waals surface area contributed by atoms with Gasteiger partial charge in [0.25, 0.3) is 0 Å². The summed E-state index contributed by atoms with van der Waals surface area (Å²) in [6.07, 6.45) is 1.10. The highest BCUT2D eigenvalue weighted by Crippen LogP contribution is 2.62. The highest BCUT2D eigenvalue weighted by Gasteiger charge is 2.72. The van der Waals surface area contributed by atoms with Gasteiger partial charge in [-0.25, -0.2) is 0 Å². The van der Waals surface area contributed by atoms with Crippen molar-refractivity contribution in [1.82, 2.24) is 0 Å². The van der Waals surface area contributed by atoms with Crippen LogP contribution < -0.4 is 0 Å². The Morgan fingerprint density at radius 2 is 2.00 bits per heavy atom. The van der Waals surface area contributed by atoms with Crippen LogP contribution in [0.2, 0.25) is 0 Å². The van der Waals surface area contributed by atoms with E-state index in [0.29, 0.717) is 6.42 Å². The Morgan fingerprint density at radius 1 is 1.36 bits per heavy atom. The second-order valence-electron chi connectivity index (χ2n) is 10.3. The fourth-order valence-electron chi connectivity index (χ4n) is 4.86. The largest absolute Gasteiger partial charge is 0.458 e. The van der Waals surface area contributed by atoms with Crippen LogP contribution in [0.15, 0.2) is 0 Å². The predicted molar refractivity (Wildman–Crippen MR) is 91.0 cm³/mol. The third kappa shape index (κ3) is 2.84. The van der Waals surface area contributed by atoms with Crippen molar-refractivity contribution >= 4 is 11.9 Å². The molecule has 1 saturated heterocycles. The average Bonchev–Trinajstić information content (AvgIpc) is 3.04. The molecule has 2 saturated carbocycles. The summed E-state index contributed by atoms with van der Waals surface area (Å²) in [5.41, 5.74) is -1.18. The lowest BCUT2D eigenvalue weighted by Gasteiger charge is -2.36. The molecule has 0 aromatic heterocycles. The molecule has 3 fully saturated rings. The van der Waals surface area contributed by atoms with E-state index < -0.39 is 23.6 Å². The van der Waals surface area contributed by atoms with Gasteiger partial charge in [-0.05, 0) is 30.1 Å². The fraction of sp³-hybridized carbons (Fsp3) is 0.850. The highest BCUT2D eigenvalue weighted by molar-refractivity contribution is 5.84. The minimum absolute atomic E-state index is 0.0153. The lowest BCUT2D eigenvalue weighted by atomic mass is 9.72. The second-order valence-corrected chi connectivity index (χ2v) is 10.3. The standard InChI is InChI=1S/C20H29NO4/c1-18(2,3)9-13(19(4,5)6)16(22)24-14-11-7-12-15(14)25-17(23)20(12,8-11)10-21/h11-15H,7-9H2,1-6H3. The maximum Gasteiger partial charge on any atom is 0.327 e. The van der Waals surface area contributed by atoms with Crippen LogP contribution in [0.25, 0.3) is 0 Å². The summed E-state index contributed by atoms with van der Waals surface area (Å²) in [4.78, 5) is 25.2. The van der Waals surface area contributed by atoms with Gasteiger partial charge in [-0.3, -0.25) is 9.59 Å². The van der Waals surface area contributed by atoms with Crippen molar-refractivity contribution < 1.29 is 19.1 Å². The molecule has 1 heterocycles. The molecule has 5 heteroatoms. The number of hydrogen-bond donors (Lipinski definition) is 0. The Hall–Kier alpha value is -1.57. The van der Waals surface area contributed by atoms with Crippen LogP contribution in [-0.2, 0) is 19.1 Å². The number of hydrogen-bond acceptors (Lipinski definition) is 5. The third-order valence-electron chi connectivity index (χ3n) is 6.16. The van der Waals surface area contributed by atoms with Gasteiger partial charge in [-0.15, -0.1) is 0 Å². The molecule has 1 aliphatic heterocycles. The van der Waals surface area contributed by atoms with E-state index >= 15 is 0 Å². The van der Waals surface area contributed by atoms with Crippen molar-refractivity contribution in [3.05, 3.63) is 0 Å². The van der Waals surface area contributed by atoms with Gasteiger partial charge < -0.3 is 9.47 Å². The molecule has 0 N–H and O–H groups in total. The van der Waals surface area contributed by atoms with Crippen molar-refractivity contribution in [2.45, 2.75) is 73.0 Å². The Bertz CT molecular complexity index is 636. The first kappa shape index (κ1) is 18.2. The summed E-state index contributed by atoms with van der Waals surface area (Å²) in [5, 5.41) is 9.47. The molecule has 5 nitrogen and oxygen atoms in total. The number of carbonyl (C=O) groups is 2. The summed E-state index contributed by atoms with van der Waals surface area (Å²) >= 11 is 0. The second kappa shape index (κ2) is 5.46. The summed E-state index contributed by atoms with van der Waals surface area (Å²) in [6, 6.07) is 2.19. The van der Waals surface area contributed by atoms with E-state index in [2.05, 4.69) is 47.6 Å². The first-order valence-electron chi connectivity index (χ1n) is 9.22. The molecule has 0 spiro atoms. The molecule has 6 atom stereocenters. The predicted octanol–water partition coefficient (Wildman–Crippen LogP) is 3.47. The summed E-state index contributed by atoms with van der Waals surface area (Å²) in [7, 11) is 0. The third-order valence-corrected chi connectivity index (χ3v) is 6.16. The average molecular weight is 347 g/mol. The summed E-state index contributed by atoms with van der Waals surface area (Å²) < 4.78 is 11.4. The van der Waals surface area contributed by atoms with E-state index in [1.54, 1.807) is 0 Å². The fourth-order valence-corrected chi connectivity index (χ4v) is 4.86. The molecule has 0 radical (unpaired) electrons. The zero-order valence-corrected chi connectivity index (χ0v) is 16.1. The van der Waals surface area contributed by atoms with E-state index in [0.717, 1.165) is 12.8 Å². The van der Waals surface area contributed by atoms with Crippen molar-refractivity contribution in [3.63, 3.8) is 0 Å². The Kier molecular flexibility index (Phi) is 3.98. The highest BCUT2D eigenvalue weighted by atomic mass is 16.6. The first-order chi connectivity index (χ1) is 11.4. The Balaban J connectivity index is 1.76. The van der Waals surface area contributed by atoms with Gasteiger partial charge in [0.2, 0.25) is 0 Å². The van der Waals surface area contributed by atoms with Crippen LogP contribution >= 0.6 is 0 Å². The van der Waals surface area contributed by atoms with Crippen LogP contribution in [0.3, 0.4) is 0 Å². The maximum absolute atomic E-state index is 13.0. The van der Waals surface area contributed by atoms with E-state index in [9.17, 15) is 14.9 Å². The van der Waals surface area contributed by atoms with E-state index in [1.165, 1.54) is 0 Å². The van der Waals surface area contributed by atoms with Crippen LogP contribution in [0.5, 0.6) is 0 Å². The van der Waals surface area contributed by atoms with E-state index in [-0.39, 0.29) is 34.6 Å². The van der Waals surface area contributed by atoms with Gasteiger partial charge in [-0.1, -0.05) is 41.5 Å². The smallest absolute Gasteiger partial charge is 0.327 e. The normalized spacial score (nSPS) is 37.6. The lowest BCUT2D eigenvalue weighted by Crippen LogP contribution is -2.42. The number of esters is 2. The van der Waals surface area contributed by atoms with Crippen LogP contribution in [0.4, 0.5) is 0 Å². The minimum Gasteiger partial charge on any atom is -0.458 e. The summed E-state index contributed by atoms with van der Waals surface area (Å²) in [5.74, 6) is -0.910. The van der Waals surface area contributed by atoms with Crippen LogP contribution in [0.1, 0.15) is 60.8 Å². The first-order valence-corrected chi connectivity index (χ1v) is 9.22. The molecule has 6 unspecified atom stereocenters. The molecule has 0 aromatic rings. The molecular formula is C20H29NO4. The SMILES string of the molecule is CC(C)(C)CC(C(=O)OC1C2CC3C1OC(=O)C3(C#N)C2)C(C)(C)C. The zero-order valence-electron chi connectivity index (χ0n) is 16.1. The molecule has 3 aliphatic rings. The quantitative estimate of drug-likeness (QED) is 0.731. The molecular weight excluding hydrogens is 318 g/mol. The van der Waals surface area contributed by atoms with Crippen molar-refractivity contribution in [1.29, 1.82) is 5.26 Å². The van der Waals surface area contributed by atoms with Crippen LogP contribution in [0, 0.1) is 45.3 Å². The zero-order chi connectivity index (χ0) is 18.8. The molecule has 3 rings (SSSR count). The van der Waals surface area contributed by atoms with Gasteiger partial charge in [0.15, 0.2) is 5.41 Å². The van der Waals surface area contributed by atoms with Gasteiger partial charge >= 0.3 is 11.9 Å². The molecule has 25 heavy (non-hydrogen) atoms. The molecule has 2 bridgehead atoms. The molecule has 2 aliphatic carbocycles. The summed E-state index contributed by atoms with van der Waals surface area (Å²) in [6.45, 7) is 12.5. The Morgan fingerprint density at radius 3 is 2.52 bits per heavy atom. The maximum atomic E-state index is 13.0. The lowest BCUT2D eigenvalue weighted by molar-refractivity contribution is -0.170. The van der Waals surface area contributed by atoms with Crippen molar-refractivity contribution in [2.24, 2.45) is 34.0 Å². The van der Waals surface area contributed by atoms with E-state index in [4.69, 9.17) is 9.47 Å². The van der Waals surface area contributed by atoms with Crippen LogP contribution in [-0.4, -0.2) is 24.1 Å². The molecule has 0 aromatic carbocycles. The monoisotopic (exact) mass is 347 g/mol. The number of nitrogens with zero attached hydrogens (tertiary/aromatic N) is 1. The van der Waals surface area contributed by atoms with Gasteiger partial charge in [0.05, 0.1) is 12.0 Å². The number of nitriles is 1.